The third kappa shape index (κ3) is 3.82. The molecule has 0 radical (unpaired) electrons. The van der Waals surface area contributed by atoms with Crippen molar-refractivity contribution in [1.82, 2.24) is 0 Å². The first-order valence-electron chi connectivity index (χ1n) is 6.51. The molecule has 0 aromatic heterocycles. The van der Waals surface area contributed by atoms with Crippen molar-refractivity contribution in [2.24, 2.45) is 0 Å². The summed E-state index contributed by atoms with van der Waals surface area (Å²) in [5.74, 6) is -1.32. The zero-order valence-electron chi connectivity index (χ0n) is 11.7. The molecule has 2 aromatic rings. The van der Waals surface area contributed by atoms with E-state index in [1.807, 2.05) is 0 Å². The second-order valence-corrected chi connectivity index (χ2v) is 5.94. The molecule has 22 heavy (non-hydrogen) atoms. The highest BCUT2D eigenvalue weighted by molar-refractivity contribution is 7.87. The average Bonchev–Trinajstić information content (AvgIpc) is 2.50. The van der Waals surface area contributed by atoms with Crippen molar-refractivity contribution in [2.45, 2.75) is 18.2 Å². The first-order valence-corrected chi connectivity index (χ1v) is 7.92. The van der Waals surface area contributed by atoms with Crippen LogP contribution in [0.25, 0.3) is 0 Å². The molecule has 0 spiro atoms. The summed E-state index contributed by atoms with van der Waals surface area (Å²) >= 11 is 0. The number of anilines is 1. The van der Waals surface area contributed by atoms with E-state index in [0.717, 1.165) is 6.07 Å². The topological polar surface area (TPSA) is 72.5 Å². The van der Waals surface area contributed by atoms with Crippen molar-refractivity contribution < 1.29 is 21.8 Å². The Morgan fingerprint density at radius 2 is 1.77 bits per heavy atom. The fourth-order valence-electron chi connectivity index (χ4n) is 1.63. The van der Waals surface area contributed by atoms with E-state index in [0.29, 0.717) is 12.1 Å². The number of hydrogen-bond donors (Lipinski definition) is 1. The van der Waals surface area contributed by atoms with Gasteiger partial charge < -0.3 is 9.50 Å². The minimum absolute atomic E-state index is 0.134. The second kappa shape index (κ2) is 6.57. The zero-order valence-corrected chi connectivity index (χ0v) is 12.6. The Labute approximate surface area is 127 Å². The molecule has 5 nitrogen and oxygen atoms in total. The van der Waals surface area contributed by atoms with Gasteiger partial charge in [0.05, 0.1) is 0 Å². The maximum absolute atomic E-state index is 13.4. The fraction of sp³-hybridized carbons (Fsp3) is 0.133. The SMILES string of the molecule is CCC(=O)Nc1ccc(S(=O)(=O)Oc2ccccc2F)cc1. The minimum atomic E-state index is -4.14. The molecule has 1 N–H and O–H groups in total. The highest BCUT2D eigenvalue weighted by Gasteiger charge is 2.18. The van der Waals surface area contributed by atoms with Gasteiger partial charge in [-0.2, -0.15) is 8.42 Å². The van der Waals surface area contributed by atoms with Gasteiger partial charge in [-0.15, -0.1) is 0 Å². The van der Waals surface area contributed by atoms with Gasteiger partial charge in [0, 0.05) is 12.1 Å². The van der Waals surface area contributed by atoms with Crippen LogP contribution in [-0.4, -0.2) is 14.3 Å². The third-order valence-electron chi connectivity index (χ3n) is 2.78. The van der Waals surface area contributed by atoms with Crippen LogP contribution in [0.3, 0.4) is 0 Å². The van der Waals surface area contributed by atoms with Crippen molar-refractivity contribution in [3.05, 3.63) is 54.3 Å². The molecule has 0 unspecified atom stereocenters. The molecule has 7 heteroatoms. The summed E-state index contributed by atoms with van der Waals surface area (Å²) in [6.45, 7) is 1.70. The Bertz CT molecular complexity index is 772. The Morgan fingerprint density at radius 3 is 2.36 bits per heavy atom. The first kappa shape index (κ1) is 16.0. The van der Waals surface area contributed by atoms with Crippen LogP contribution in [0.15, 0.2) is 53.4 Å². The summed E-state index contributed by atoms with van der Waals surface area (Å²) in [5, 5.41) is 2.59. The number of carbonyl (C=O) groups is 1. The summed E-state index contributed by atoms with van der Waals surface area (Å²) in [4.78, 5) is 11.1. The smallest absolute Gasteiger partial charge is 0.339 e. The number of hydrogen-bond acceptors (Lipinski definition) is 4. The molecule has 2 rings (SSSR count). The summed E-state index contributed by atoms with van der Waals surface area (Å²) in [7, 11) is -4.14. The van der Waals surface area contributed by atoms with Gasteiger partial charge in [0.1, 0.15) is 4.90 Å². The Kier molecular flexibility index (Phi) is 4.77. The van der Waals surface area contributed by atoms with Crippen molar-refractivity contribution in [1.29, 1.82) is 0 Å². The van der Waals surface area contributed by atoms with Crippen LogP contribution in [-0.2, 0) is 14.9 Å². The molecular weight excluding hydrogens is 309 g/mol. The maximum atomic E-state index is 13.4. The zero-order chi connectivity index (χ0) is 16.2. The Hall–Kier alpha value is -2.41. The molecule has 0 atom stereocenters. The van der Waals surface area contributed by atoms with Crippen LogP contribution in [0, 0.1) is 5.82 Å². The van der Waals surface area contributed by atoms with Crippen LogP contribution in [0.1, 0.15) is 13.3 Å². The number of para-hydroxylation sites is 1. The predicted octanol–water partition coefficient (Wildman–Crippen LogP) is 2.94. The predicted molar refractivity (Wildman–Crippen MR) is 79.6 cm³/mol. The lowest BCUT2D eigenvalue weighted by molar-refractivity contribution is -0.115. The normalized spacial score (nSPS) is 11.0. The number of nitrogens with one attached hydrogen (secondary N) is 1. The summed E-state index contributed by atoms with van der Waals surface area (Å²) in [5.41, 5.74) is 0.469. The molecule has 0 aliphatic heterocycles. The van der Waals surface area contributed by atoms with Gasteiger partial charge in [0.2, 0.25) is 5.91 Å². The number of rotatable bonds is 5. The van der Waals surface area contributed by atoms with E-state index in [9.17, 15) is 17.6 Å². The first-order chi connectivity index (χ1) is 10.4. The molecule has 0 aliphatic rings. The van der Waals surface area contributed by atoms with E-state index in [2.05, 4.69) is 5.32 Å². The molecule has 1 amide bonds. The lowest BCUT2D eigenvalue weighted by atomic mass is 10.3. The minimum Gasteiger partial charge on any atom is -0.376 e. The van der Waals surface area contributed by atoms with Crippen LogP contribution in [0.4, 0.5) is 10.1 Å². The van der Waals surface area contributed by atoms with Crippen LogP contribution in [0.2, 0.25) is 0 Å². The van der Waals surface area contributed by atoms with Gasteiger partial charge >= 0.3 is 10.1 Å². The average molecular weight is 323 g/mol. The molecular formula is C15H14FNO4S. The standard InChI is InChI=1S/C15H14FNO4S/c1-2-15(18)17-11-7-9-12(10-8-11)22(19,20)21-14-6-4-3-5-13(14)16/h3-10H,2H2,1H3,(H,17,18). The summed E-state index contributed by atoms with van der Waals surface area (Å²) in [6.07, 6.45) is 0.316. The second-order valence-electron chi connectivity index (χ2n) is 4.39. The molecule has 116 valence electrons. The lowest BCUT2D eigenvalue weighted by Crippen LogP contribution is -2.12. The molecule has 0 saturated heterocycles. The third-order valence-corrected chi connectivity index (χ3v) is 4.03. The Balaban J connectivity index is 2.19. The van der Waals surface area contributed by atoms with E-state index in [1.165, 1.54) is 42.5 Å². The Morgan fingerprint density at radius 1 is 1.14 bits per heavy atom. The summed E-state index contributed by atoms with van der Waals surface area (Å²) in [6, 6.07) is 10.7. The largest absolute Gasteiger partial charge is 0.376 e. The molecule has 0 fully saturated rings. The van der Waals surface area contributed by atoms with E-state index >= 15 is 0 Å². The van der Waals surface area contributed by atoms with E-state index < -0.39 is 15.9 Å². The quantitative estimate of drug-likeness (QED) is 0.859. The monoisotopic (exact) mass is 323 g/mol. The fourth-order valence-corrected chi connectivity index (χ4v) is 2.57. The van der Waals surface area contributed by atoms with E-state index in [4.69, 9.17) is 4.18 Å². The highest BCUT2D eigenvalue weighted by Crippen LogP contribution is 2.22. The van der Waals surface area contributed by atoms with Crippen molar-refractivity contribution >= 4 is 21.7 Å². The number of amides is 1. The van der Waals surface area contributed by atoms with Crippen molar-refractivity contribution in [2.75, 3.05) is 5.32 Å². The van der Waals surface area contributed by atoms with Gasteiger partial charge in [-0.25, -0.2) is 4.39 Å². The molecule has 0 heterocycles. The molecule has 0 bridgehead atoms. The van der Waals surface area contributed by atoms with E-state index in [-0.39, 0.29) is 16.6 Å². The molecule has 0 saturated carbocycles. The van der Waals surface area contributed by atoms with Crippen LogP contribution in [0.5, 0.6) is 5.75 Å². The van der Waals surface area contributed by atoms with Gasteiger partial charge in [-0.1, -0.05) is 19.1 Å². The van der Waals surface area contributed by atoms with E-state index in [1.54, 1.807) is 6.92 Å². The molecule has 0 aliphatic carbocycles. The van der Waals surface area contributed by atoms with Crippen molar-refractivity contribution in [3.8, 4) is 5.75 Å². The highest BCUT2D eigenvalue weighted by atomic mass is 32.2. The number of carbonyl (C=O) groups excluding carboxylic acids is 1. The van der Waals surface area contributed by atoms with Crippen molar-refractivity contribution in [3.63, 3.8) is 0 Å². The van der Waals surface area contributed by atoms with Gasteiger partial charge in [-0.3, -0.25) is 4.79 Å². The summed E-state index contributed by atoms with van der Waals surface area (Å²) < 4.78 is 42.4. The number of benzene rings is 2. The van der Waals surface area contributed by atoms with Gasteiger partial charge in [0.25, 0.3) is 0 Å². The van der Waals surface area contributed by atoms with Crippen LogP contribution >= 0.6 is 0 Å². The van der Waals surface area contributed by atoms with Gasteiger partial charge in [0.15, 0.2) is 11.6 Å². The lowest BCUT2D eigenvalue weighted by Gasteiger charge is -2.08. The van der Waals surface area contributed by atoms with Gasteiger partial charge in [-0.05, 0) is 36.4 Å². The van der Waals surface area contributed by atoms with Crippen LogP contribution < -0.4 is 9.50 Å². The molecule has 2 aromatic carbocycles. The number of halogens is 1. The maximum Gasteiger partial charge on any atom is 0.339 e.